The molecule has 1 amide bonds. The van der Waals surface area contributed by atoms with Gasteiger partial charge in [0.1, 0.15) is 17.0 Å². The number of ether oxygens (including phenoxy) is 2. The van der Waals surface area contributed by atoms with Crippen molar-refractivity contribution in [3.63, 3.8) is 0 Å². The molecule has 0 aliphatic carbocycles. The van der Waals surface area contributed by atoms with Crippen LogP contribution in [0.2, 0.25) is 0 Å². The van der Waals surface area contributed by atoms with Crippen molar-refractivity contribution in [3.05, 3.63) is 29.6 Å². The monoisotopic (exact) mass is 267 g/mol. The molecule has 1 aromatic rings. The molecular weight excluding hydrogens is 249 g/mol. The Morgan fingerprint density at radius 3 is 2.58 bits per heavy atom. The van der Waals surface area contributed by atoms with Crippen LogP contribution in [0.4, 0.5) is 14.9 Å². The van der Waals surface area contributed by atoms with Gasteiger partial charge < -0.3 is 9.47 Å². The third-order valence-corrected chi connectivity index (χ3v) is 2.76. The van der Waals surface area contributed by atoms with Crippen LogP contribution in [0, 0.1) is 5.82 Å². The first kappa shape index (κ1) is 13.8. The molecule has 1 fully saturated rings. The summed E-state index contributed by atoms with van der Waals surface area (Å²) >= 11 is 0. The highest BCUT2D eigenvalue weighted by atomic mass is 19.1. The van der Waals surface area contributed by atoms with Gasteiger partial charge >= 0.3 is 6.09 Å². The van der Waals surface area contributed by atoms with Gasteiger partial charge in [-0.15, -0.1) is 0 Å². The molecule has 104 valence electrons. The van der Waals surface area contributed by atoms with Gasteiger partial charge in [0.05, 0.1) is 6.61 Å². The summed E-state index contributed by atoms with van der Waals surface area (Å²) in [4.78, 5) is 11.6. The number of nitrogens with one attached hydrogen (secondary N) is 1. The number of hydrogen-bond acceptors (Lipinski definition) is 3. The highest BCUT2D eigenvalue weighted by Gasteiger charge is 2.43. The second-order valence-electron chi connectivity index (χ2n) is 5.84. The van der Waals surface area contributed by atoms with E-state index in [0.717, 1.165) is 0 Å². The molecule has 19 heavy (non-hydrogen) atoms. The molecule has 1 aliphatic rings. The molecule has 0 spiro atoms. The smallest absolute Gasteiger partial charge is 0.412 e. The van der Waals surface area contributed by atoms with Crippen LogP contribution in [-0.2, 0) is 15.1 Å². The lowest BCUT2D eigenvalue weighted by Gasteiger charge is -2.19. The molecule has 1 aromatic carbocycles. The number of carbonyl (C=O) groups excluding carboxylic acids is 1. The summed E-state index contributed by atoms with van der Waals surface area (Å²) in [5, 5.41) is 2.50. The Morgan fingerprint density at radius 1 is 1.47 bits per heavy atom. The van der Waals surface area contributed by atoms with Crippen molar-refractivity contribution >= 4 is 11.8 Å². The fourth-order valence-corrected chi connectivity index (χ4v) is 1.71. The van der Waals surface area contributed by atoms with E-state index in [0.29, 0.717) is 17.9 Å². The lowest BCUT2D eigenvalue weighted by Crippen LogP contribution is -2.27. The van der Waals surface area contributed by atoms with Gasteiger partial charge in [-0.3, -0.25) is 5.32 Å². The van der Waals surface area contributed by atoms with Crippen molar-refractivity contribution in [1.82, 2.24) is 0 Å². The van der Waals surface area contributed by atoms with Crippen molar-refractivity contribution in [2.45, 2.75) is 38.9 Å². The van der Waals surface area contributed by atoms with E-state index in [1.54, 1.807) is 32.9 Å². The predicted molar refractivity (Wildman–Crippen MR) is 69.6 cm³/mol. The van der Waals surface area contributed by atoms with Crippen LogP contribution in [0.25, 0.3) is 0 Å². The van der Waals surface area contributed by atoms with E-state index in [4.69, 9.17) is 9.47 Å². The summed E-state index contributed by atoms with van der Waals surface area (Å²) in [6.07, 6.45) is -0.603. The minimum Gasteiger partial charge on any atom is -0.444 e. The number of carbonyl (C=O) groups is 1. The molecule has 2 rings (SSSR count). The zero-order valence-corrected chi connectivity index (χ0v) is 11.5. The van der Waals surface area contributed by atoms with Crippen LogP contribution in [0.15, 0.2) is 18.2 Å². The number of epoxide rings is 1. The van der Waals surface area contributed by atoms with Gasteiger partial charge in [0, 0.05) is 11.3 Å². The number of amides is 1. The molecule has 0 radical (unpaired) electrons. The molecule has 0 bridgehead atoms. The normalized spacial score (nSPS) is 21.9. The maximum Gasteiger partial charge on any atom is 0.412 e. The van der Waals surface area contributed by atoms with E-state index in [-0.39, 0.29) is 0 Å². The van der Waals surface area contributed by atoms with E-state index in [2.05, 4.69) is 5.32 Å². The summed E-state index contributed by atoms with van der Waals surface area (Å²) in [5.41, 5.74) is -0.242. The topological polar surface area (TPSA) is 50.9 Å². The Labute approximate surface area is 111 Å². The maximum atomic E-state index is 13.9. The van der Waals surface area contributed by atoms with Gasteiger partial charge in [-0.1, -0.05) is 6.07 Å². The summed E-state index contributed by atoms with van der Waals surface area (Å²) in [5.74, 6) is -0.395. The van der Waals surface area contributed by atoms with Crippen LogP contribution >= 0.6 is 0 Å². The standard InChI is InChI=1S/C14H18FNO3/c1-13(2,3)19-12(17)16-9-5-6-10(11(15)7-9)14(4)8-18-14/h5-7H,8H2,1-4H3,(H,16,17). The minimum absolute atomic E-state index is 0.361. The Bertz CT molecular complexity index is 504. The molecule has 0 saturated carbocycles. The maximum absolute atomic E-state index is 13.9. The zero-order chi connectivity index (χ0) is 14.3. The lowest BCUT2D eigenvalue weighted by molar-refractivity contribution is 0.0636. The van der Waals surface area contributed by atoms with E-state index >= 15 is 0 Å². The third kappa shape index (κ3) is 3.44. The molecule has 1 saturated heterocycles. The summed E-state index contributed by atoms with van der Waals surface area (Å²) in [6.45, 7) is 7.64. The van der Waals surface area contributed by atoms with Crippen molar-refractivity contribution in [1.29, 1.82) is 0 Å². The van der Waals surface area contributed by atoms with Gasteiger partial charge in [0.2, 0.25) is 0 Å². The highest BCUT2D eigenvalue weighted by molar-refractivity contribution is 5.84. The molecule has 1 heterocycles. The zero-order valence-electron chi connectivity index (χ0n) is 11.5. The van der Waals surface area contributed by atoms with Gasteiger partial charge in [-0.05, 0) is 39.8 Å². The molecule has 0 aromatic heterocycles. The fourth-order valence-electron chi connectivity index (χ4n) is 1.71. The van der Waals surface area contributed by atoms with Crippen LogP contribution in [0.3, 0.4) is 0 Å². The molecule has 1 unspecified atom stereocenters. The SMILES string of the molecule is CC(C)(C)OC(=O)Nc1ccc(C2(C)CO2)c(F)c1. The molecular formula is C14H18FNO3. The Balaban J connectivity index is 2.06. The fraction of sp³-hybridized carbons (Fsp3) is 0.500. The Morgan fingerprint density at radius 2 is 2.11 bits per heavy atom. The first-order chi connectivity index (χ1) is 8.70. The molecule has 1 N–H and O–H groups in total. The quantitative estimate of drug-likeness (QED) is 0.835. The van der Waals surface area contributed by atoms with Crippen molar-refractivity contribution in [2.75, 3.05) is 11.9 Å². The second kappa shape index (κ2) is 4.49. The number of benzene rings is 1. The molecule has 5 heteroatoms. The van der Waals surface area contributed by atoms with Crippen molar-refractivity contribution in [2.24, 2.45) is 0 Å². The molecule has 4 nitrogen and oxygen atoms in total. The second-order valence-corrected chi connectivity index (χ2v) is 5.84. The number of halogens is 1. The highest BCUT2D eigenvalue weighted by Crippen LogP contribution is 2.39. The summed E-state index contributed by atoms with van der Waals surface area (Å²) < 4.78 is 24.2. The predicted octanol–water partition coefficient (Wildman–Crippen LogP) is 3.42. The Kier molecular flexibility index (Phi) is 3.26. The first-order valence-corrected chi connectivity index (χ1v) is 6.14. The Hall–Kier alpha value is -1.62. The number of hydrogen-bond donors (Lipinski definition) is 1. The van der Waals surface area contributed by atoms with Crippen LogP contribution < -0.4 is 5.32 Å². The average molecular weight is 267 g/mol. The van der Waals surface area contributed by atoms with E-state index < -0.39 is 23.1 Å². The lowest BCUT2D eigenvalue weighted by atomic mass is 10.0. The van der Waals surface area contributed by atoms with Crippen molar-refractivity contribution < 1.29 is 18.7 Å². The van der Waals surface area contributed by atoms with Gasteiger partial charge in [0.15, 0.2) is 0 Å². The van der Waals surface area contributed by atoms with Crippen LogP contribution in [0.1, 0.15) is 33.3 Å². The van der Waals surface area contributed by atoms with Crippen LogP contribution in [0.5, 0.6) is 0 Å². The van der Waals surface area contributed by atoms with Crippen LogP contribution in [-0.4, -0.2) is 18.3 Å². The van der Waals surface area contributed by atoms with Gasteiger partial charge in [0.25, 0.3) is 0 Å². The largest absolute Gasteiger partial charge is 0.444 e. The van der Waals surface area contributed by atoms with E-state index in [1.807, 2.05) is 6.92 Å². The van der Waals surface area contributed by atoms with E-state index in [1.165, 1.54) is 6.07 Å². The summed E-state index contributed by atoms with van der Waals surface area (Å²) in [7, 11) is 0. The average Bonchev–Trinajstić information content (AvgIpc) is 2.94. The minimum atomic E-state index is -0.603. The van der Waals surface area contributed by atoms with Crippen molar-refractivity contribution in [3.8, 4) is 0 Å². The number of rotatable bonds is 2. The van der Waals surface area contributed by atoms with E-state index in [9.17, 15) is 9.18 Å². The van der Waals surface area contributed by atoms with Gasteiger partial charge in [-0.2, -0.15) is 0 Å². The first-order valence-electron chi connectivity index (χ1n) is 6.14. The summed E-state index contributed by atoms with van der Waals surface area (Å²) in [6, 6.07) is 4.52. The number of anilines is 1. The molecule has 1 atom stereocenters. The van der Waals surface area contributed by atoms with Gasteiger partial charge in [-0.25, -0.2) is 9.18 Å². The molecule has 1 aliphatic heterocycles. The third-order valence-electron chi connectivity index (χ3n) is 2.76.